The van der Waals surface area contributed by atoms with Crippen molar-refractivity contribution in [3.63, 3.8) is 0 Å². The Balaban J connectivity index is 0.00000242. The molecule has 0 bridgehead atoms. The highest BCUT2D eigenvalue weighted by atomic mass is 127. The number of rotatable bonds is 5. The molecular formula is C16H23IN4S. The Morgan fingerprint density at radius 2 is 2.05 bits per heavy atom. The molecule has 0 aliphatic rings. The summed E-state index contributed by atoms with van der Waals surface area (Å²) in [6.45, 7) is 6.98. The van der Waals surface area contributed by atoms with E-state index in [4.69, 9.17) is 5.73 Å². The van der Waals surface area contributed by atoms with Gasteiger partial charge in [0.2, 0.25) is 0 Å². The van der Waals surface area contributed by atoms with Crippen molar-refractivity contribution < 1.29 is 0 Å². The third-order valence-electron chi connectivity index (χ3n) is 3.60. The minimum absolute atomic E-state index is 0. The quantitative estimate of drug-likeness (QED) is 0.417. The maximum Gasteiger partial charge on any atom is 0.193 e. The van der Waals surface area contributed by atoms with Gasteiger partial charge >= 0.3 is 0 Å². The SMILES string of the molecule is CCC(C)c1ccc(NC(N)=NCc2scnc2C)cc1.I. The van der Waals surface area contributed by atoms with Gasteiger partial charge in [-0.25, -0.2) is 9.98 Å². The highest BCUT2D eigenvalue weighted by Gasteiger charge is 2.03. The number of nitrogens with one attached hydrogen (secondary N) is 1. The third-order valence-corrected chi connectivity index (χ3v) is 4.52. The van der Waals surface area contributed by atoms with E-state index in [2.05, 4.69) is 41.3 Å². The topological polar surface area (TPSA) is 63.3 Å². The van der Waals surface area contributed by atoms with Crippen LogP contribution in [0, 0.1) is 6.92 Å². The highest BCUT2D eigenvalue weighted by molar-refractivity contribution is 14.0. The van der Waals surface area contributed by atoms with Crippen LogP contribution in [0.4, 0.5) is 5.69 Å². The summed E-state index contributed by atoms with van der Waals surface area (Å²) in [5, 5.41) is 3.12. The Kier molecular flexibility index (Phi) is 7.81. The molecule has 0 amide bonds. The molecule has 1 aromatic carbocycles. The number of aryl methyl sites for hydroxylation is 1. The van der Waals surface area contributed by atoms with Crippen LogP contribution < -0.4 is 11.1 Å². The summed E-state index contributed by atoms with van der Waals surface area (Å²) in [7, 11) is 0. The smallest absolute Gasteiger partial charge is 0.193 e. The van der Waals surface area contributed by atoms with Gasteiger partial charge in [0.1, 0.15) is 0 Å². The van der Waals surface area contributed by atoms with Crippen molar-refractivity contribution in [2.75, 3.05) is 5.32 Å². The lowest BCUT2D eigenvalue weighted by Gasteiger charge is -2.10. The third kappa shape index (κ3) is 5.24. The van der Waals surface area contributed by atoms with Crippen LogP contribution in [0.5, 0.6) is 0 Å². The van der Waals surface area contributed by atoms with Gasteiger partial charge in [0, 0.05) is 10.6 Å². The molecule has 2 aromatic rings. The summed E-state index contributed by atoms with van der Waals surface area (Å²) in [5.41, 5.74) is 11.1. The van der Waals surface area contributed by atoms with E-state index in [9.17, 15) is 0 Å². The normalized spacial score (nSPS) is 12.6. The molecule has 1 heterocycles. The van der Waals surface area contributed by atoms with Crippen molar-refractivity contribution >= 4 is 47.0 Å². The predicted octanol–water partition coefficient (Wildman–Crippen LogP) is 4.51. The first-order valence-electron chi connectivity index (χ1n) is 7.16. The highest BCUT2D eigenvalue weighted by Crippen LogP contribution is 2.20. The van der Waals surface area contributed by atoms with Crippen LogP contribution in [0.2, 0.25) is 0 Å². The molecular weight excluding hydrogens is 407 g/mol. The molecule has 1 unspecified atom stereocenters. The van der Waals surface area contributed by atoms with Crippen LogP contribution in [0.3, 0.4) is 0 Å². The molecule has 0 aliphatic heterocycles. The van der Waals surface area contributed by atoms with Crippen molar-refractivity contribution in [1.82, 2.24) is 4.98 Å². The van der Waals surface area contributed by atoms with Crippen molar-refractivity contribution in [2.45, 2.75) is 39.7 Å². The summed E-state index contributed by atoms with van der Waals surface area (Å²) in [6, 6.07) is 8.36. The Hall–Kier alpha value is -1.15. The van der Waals surface area contributed by atoms with E-state index in [0.29, 0.717) is 18.4 Å². The van der Waals surface area contributed by atoms with E-state index >= 15 is 0 Å². The second kappa shape index (κ2) is 9.09. The molecule has 0 fully saturated rings. The van der Waals surface area contributed by atoms with Crippen LogP contribution in [-0.4, -0.2) is 10.9 Å². The van der Waals surface area contributed by atoms with E-state index in [1.165, 1.54) is 5.56 Å². The van der Waals surface area contributed by atoms with Crippen LogP contribution >= 0.6 is 35.3 Å². The number of aromatic nitrogens is 1. The zero-order valence-corrected chi connectivity index (χ0v) is 16.3. The van der Waals surface area contributed by atoms with E-state index in [-0.39, 0.29) is 24.0 Å². The van der Waals surface area contributed by atoms with E-state index in [1.807, 2.05) is 24.6 Å². The molecule has 3 N–H and O–H groups in total. The first-order chi connectivity index (χ1) is 10.1. The fraction of sp³-hybridized carbons (Fsp3) is 0.375. The summed E-state index contributed by atoms with van der Waals surface area (Å²) in [5.74, 6) is 1.01. The zero-order chi connectivity index (χ0) is 15.2. The molecule has 0 spiro atoms. The number of hydrogen-bond donors (Lipinski definition) is 2. The lowest BCUT2D eigenvalue weighted by Crippen LogP contribution is -2.22. The number of nitrogens with two attached hydrogens (primary N) is 1. The molecule has 120 valence electrons. The van der Waals surface area contributed by atoms with Gasteiger partial charge in [-0.15, -0.1) is 35.3 Å². The molecule has 0 aliphatic carbocycles. The summed E-state index contributed by atoms with van der Waals surface area (Å²) in [4.78, 5) is 9.70. The molecule has 2 rings (SSSR count). The van der Waals surface area contributed by atoms with Gasteiger partial charge < -0.3 is 11.1 Å². The molecule has 1 aromatic heterocycles. The first kappa shape index (κ1) is 18.9. The van der Waals surface area contributed by atoms with E-state index in [0.717, 1.165) is 22.7 Å². The van der Waals surface area contributed by atoms with E-state index < -0.39 is 0 Å². The summed E-state index contributed by atoms with van der Waals surface area (Å²) >= 11 is 1.60. The lowest BCUT2D eigenvalue weighted by molar-refractivity contribution is 0.734. The second-order valence-electron chi connectivity index (χ2n) is 5.12. The van der Waals surface area contributed by atoms with E-state index in [1.54, 1.807) is 11.3 Å². The van der Waals surface area contributed by atoms with Crippen molar-refractivity contribution in [3.8, 4) is 0 Å². The molecule has 6 heteroatoms. The predicted molar refractivity (Wildman–Crippen MR) is 106 cm³/mol. The number of nitrogens with zero attached hydrogens (tertiary/aromatic N) is 2. The summed E-state index contributed by atoms with van der Waals surface area (Å²) in [6.07, 6.45) is 1.14. The fourth-order valence-electron chi connectivity index (χ4n) is 1.95. The Morgan fingerprint density at radius 1 is 1.36 bits per heavy atom. The number of aliphatic imine (C=N–C) groups is 1. The van der Waals surface area contributed by atoms with Gasteiger partial charge in [-0.3, -0.25) is 0 Å². The average Bonchev–Trinajstić information content (AvgIpc) is 2.90. The Bertz CT molecular complexity index is 607. The Labute approximate surface area is 153 Å². The molecule has 0 saturated carbocycles. The van der Waals surface area contributed by atoms with Crippen molar-refractivity contribution in [3.05, 3.63) is 45.9 Å². The second-order valence-corrected chi connectivity index (χ2v) is 6.06. The summed E-state index contributed by atoms with van der Waals surface area (Å²) < 4.78 is 0. The van der Waals surface area contributed by atoms with Gasteiger partial charge in [0.15, 0.2) is 5.96 Å². The molecule has 0 saturated heterocycles. The number of hydrogen-bond acceptors (Lipinski definition) is 3. The van der Waals surface area contributed by atoms with Crippen molar-refractivity contribution in [1.29, 1.82) is 0 Å². The average molecular weight is 430 g/mol. The van der Waals surface area contributed by atoms with Gasteiger partial charge in [-0.05, 0) is 37.0 Å². The molecule has 4 nitrogen and oxygen atoms in total. The number of guanidine groups is 1. The maximum atomic E-state index is 5.92. The minimum Gasteiger partial charge on any atom is -0.370 e. The maximum absolute atomic E-state index is 5.92. The standard InChI is InChI=1S/C16H22N4S.HI/c1-4-11(2)13-5-7-14(8-6-13)20-16(17)18-9-15-12(3)19-10-21-15;/h5-8,10-11H,4,9H2,1-3H3,(H3,17,18,20);1H. The van der Waals surface area contributed by atoms with Crippen molar-refractivity contribution in [2.24, 2.45) is 10.7 Å². The van der Waals surface area contributed by atoms with Crippen LogP contribution in [-0.2, 0) is 6.54 Å². The zero-order valence-electron chi connectivity index (χ0n) is 13.2. The molecule has 0 radical (unpaired) electrons. The van der Waals surface area contributed by atoms with Crippen LogP contribution in [0.1, 0.15) is 42.3 Å². The van der Waals surface area contributed by atoms with Gasteiger partial charge in [-0.2, -0.15) is 0 Å². The number of thiazole rings is 1. The first-order valence-corrected chi connectivity index (χ1v) is 8.04. The van der Waals surface area contributed by atoms with Gasteiger partial charge in [-0.1, -0.05) is 26.0 Å². The lowest BCUT2D eigenvalue weighted by atomic mass is 9.99. The van der Waals surface area contributed by atoms with Crippen LogP contribution in [0.25, 0.3) is 0 Å². The Morgan fingerprint density at radius 3 is 2.59 bits per heavy atom. The fourth-order valence-corrected chi connectivity index (χ4v) is 2.65. The molecule has 22 heavy (non-hydrogen) atoms. The number of benzene rings is 1. The van der Waals surface area contributed by atoms with Crippen LogP contribution in [0.15, 0.2) is 34.8 Å². The van der Waals surface area contributed by atoms with Gasteiger partial charge in [0.25, 0.3) is 0 Å². The molecule has 1 atom stereocenters. The number of anilines is 1. The van der Waals surface area contributed by atoms with Gasteiger partial charge in [0.05, 0.1) is 17.7 Å². The largest absolute Gasteiger partial charge is 0.370 e. The monoisotopic (exact) mass is 430 g/mol. The minimum atomic E-state index is 0. The number of halogens is 1.